The minimum atomic E-state index is 0.480. The molecule has 84 valence electrons. The van der Waals surface area contributed by atoms with Crippen LogP contribution in [0, 0.1) is 0 Å². The third kappa shape index (κ3) is 2.77. The van der Waals surface area contributed by atoms with E-state index in [1.54, 1.807) is 11.8 Å². The predicted octanol–water partition coefficient (Wildman–Crippen LogP) is 3.63. The average Bonchev–Trinajstić information content (AvgIpc) is 2.66. The summed E-state index contributed by atoms with van der Waals surface area (Å²) >= 11 is 7.46. The Labute approximate surface area is 104 Å². The van der Waals surface area contributed by atoms with Crippen LogP contribution in [0.1, 0.15) is 13.8 Å². The van der Waals surface area contributed by atoms with Gasteiger partial charge in [-0.1, -0.05) is 37.2 Å². The van der Waals surface area contributed by atoms with Crippen LogP contribution in [0.2, 0.25) is 5.02 Å². The molecule has 3 nitrogen and oxygen atoms in total. The fraction of sp³-hybridized carbons (Fsp3) is 0.273. The number of aromatic nitrogens is 3. The Kier molecular flexibility index (Phi) is 3.51. The van der Waals surface area contributed by atoms with Crippen molar-refractivity contribution in [2.45, 2.75) is 24.3 Å². The van der Waals surface area contributed by atoms with Crippen molar-refractivity contribution in [3.8, 4) is 11.4 Å². The van der Waals surface area contributed by atoms with Crippen molar-refractivity contribution in [2.24, 2.45) is 0 Å². The van der Waals surface area contributed by atoms with Gasteiger partial charge in [0.1, 0.15) is 0 Å². The number of rotatable bonds is 3. The van der Waals surface area contributed by atoms with Crippen LogP contribution in [0.25, 0.3) is 11.4 Å². The first-order chi connectivity index (χ1) is 7.65. The summed E-state index contributed by atoms with van der Waals surface area (Å²) in [4.78, 5) is 4.40. The first kappa shape index (κ1) is 11.5. The Balaban J connectivity index is 2.21. The van der Waals surface area contributed by atoms with Crippen LogP contribution in [0.3, 0.4) is 0 Å². The summed E-state index contributed by atoms with van der Waals surface area (Å²) in [7, 11) is 0. The van der Waals surface area contributed by atoms with Crippen molar-refractivity contribution in [3.63, 3.8) is 0 Å². The highest BCUT2D eigenvalue weighted by Gasteiger charge is 2.07. The van der Waals surface area contributed by atoms with E-state index in [0.717, 1.165) is 21.6 Å². The van der Waals surface area contributed by atoms with Gasteiger partial charge in [-0.05, 0) is 24.3 Å². The zero-order valence-electron chi connectivity index (χ0n) is 9.07. The van der Waals surface area contributed by atoms with Gasteiger partial charge in [-0.15, -0.1) is 5.10 Å². The van der Waals surface area contributed by atoms with Crippen LogP contribution >= 0.6 is 23.4 Å². The maximum Gasteiger partial charge on any atom is 0.208 e. The number of hydrogen-bond acceptors (Lipinski definition) is 3. The first-order valence-electron chi connectivity index (χ1n) is 5.00. The molecule has 0 amide bonds. The molecule has 2 rings (SSSR count). The molecule has 1 heterocycles. The van der Waals surface area contributed by atoms with Gasteiger partial charge >= 0.3 is 0 Å². The first-order valence-corrected chi connectivity index (χ1v) is 6.26. The third-order valence-electron chi connectivity index (χ3n) is 1.92. The highest BCUT2D eigenvalue weighted by Crippen LogP contribution is 2.22. The van der Waals surface area contributed by atoms with Gasteiger partial charge in [0.2, 0.25) is 5.16 Å². The number of hydrogen-bond donors (Lipinski definition) is 1. The Hall–Kier alpha value is -1.00. The number of aromatic amines is 1. The van der Waals surface area contributed by atoms with Crippen molar-refractivity contribution in [1.82, 2.24) is 15.2 Å². The minimum Gasteiger partial charge on any atom is -0.258 e. The molecule has 0 aliphatic heterocycles. The predicted molar refractivity (Wildman–Crippen MR) is 67.8 cm³/mol. The van der Waals surface area contributed by atoms with Crippen molar-refractivity contribution in [2.75, 3.05) is 0 Å². The normalized spacial score (nSPS) is 11.0. The fourth-order valence-corrected chi connectivity index (χ4v) is 2.04. The molecule has 0 bridgehead atoms. The van der Waals surface area contributed by atoms with Gasteiger partial charge in [-0.25, -0.2) is 4.98 Å². The molecule has 0 spiro atoms. The van der Waals surface area contributed by atoms with Crippen LogP contribution in [0.15, 0.2) is 29.4 Å². The lowest BCUT2D eigenvalue weighted by Crippen LogP contribution is -1.87. The lowest BCUT2D eigenvalue weighted by molar-refractivity contribution is 0.961. The van der Waals surface area contributed by atoms with E-state index in [9.17, 15) is 0 Å². The van der Waals surface area contributed by atoms with E-state index >= 15 is 0 Å². The summed E-state index contributed by atoms with van der Waals surface area (Å²) in [6.45, 7) is 4.23. The summed E-state index contributed by atoms with van der Waals surface area (Å²) in [5, 5.41) is 9.05. The van der Waals surface area contributed by atoms with E-state index in [2.05, 4.69) is 29.0 Å². The molecule has 0 aliphatic rings. The second-order valence-corrected chi connectivity index (χ2v) is 5.62. The minimum absolute atomic E-state index is 0.480. The van der Waals surface area contributed by atoms with Gasteiger partial charge in [0.05, 0.1) is 0 Å². The maximum atomic E-state index is 5.82. The molecule has 0 aliphatic carbocycles. The number of halogens is 1. The topological polar surface area (TPSA) is 41.6 Å². The quantitative estimate of drug-likeness (QED) is 0.850. The van der Waals surface area contributed by atoms with Crippen LogP contribution in [0.4, 0.5) is 0 Å². The molecule has 0 atom stereocenters. The van der Waals surface area contributed by atoms with Gasteiger partial charge in [-0.3, -0.25) is 5.10 Å². The van der Waals surface area contributed by atoms with Crippen molar-refractivity contribution in [1.29, 1.82) is 0 Å². The molecular weight excluding hydrogens is 242 g/mol. The lowest BCUT2D eigenvalue weighted by Gasteiger charge is -1.97. The maximum absolute atomic E-state index is 5.82. The number of thioether (sulfide) groups is 1. The fourth-order valence-electron chi connectivity index (χ4n) is 1.25. The average molecular weight is 254 g/mol. The molecular formula is C11H12ClN3S. The zero-order valence-corrected chi connectivity index (χ0v) is 10.6. The molecule has 1 N–H and O–H groups in total. The summed E-state index contributed by atoms with van der Waals surface area (Å²) < 4.78 is 0. The molecule has 16 heavy (non-hydrogen) atoms. The summed E-state index contributed by atoms with van der Waals surface area (Å²) in [6, 6.07) is 7.53. The van der Waals surface area contributed by atoms with Crippen molar-refractivity contribution in [3.05, 3.63) is 29.3 Å². The van der Waals surface area contributed by atoms with E-state index in [4.69, 9.17) is 11.6 Å². The van der Waals surface area contributed by atoms with E-state index in [0.29, 0.717) is 5.25 Å². The van der Waals surface area contributed by atoms with Crippen LogP contribution < -0.4 is 0 Å². The van der Waals surface area contributed by atoms with Crippen molar-refractivity contribution < 1.29 is 0 Å². The van der Waals surface area contributed by atoms with E-state index in [1.165, 1.54) is 0 Å². The standard InChI is InChI=1S/C11H12ClN3S/c1-7(2)16-11-13-10(14-15-11)8-3-5-9(12)6-4-8/h3-7H,1-2H3,(H,13,14,15). The number of H-pyrrole nitrogens is 1. The van der Waals surface area contributed by atoms with Crippen molar-refractivity contribution >= 4 is 23.4 Å². The molecule has 0 unspecified atom stereocenters. The Morgan fingerprint density at radius 1 is 1.25 bits per heavy atom. The molecule has 0 saturated heterocycles. The summed E-state index contributed by atoms with van der Waals surface area (Å²) in [5.74, 6) is 0.778. The van der Waals surface area contributed by atoms with Gasteiger partial charge < -0.3 is 0 Å². The largest absolute Gasteiger partial charge is 0.258 e. The second kappa shape index (κ2) is 4.89. The zero-order chi connectivity index (χ0) is 11.5. The smallest absolute Gasteiger partial charge is 0.208 e. The van der Waals surface area contributed by atoms with Gasteiger partial charge in [0.25, 0.3) is 0 Å². The van der Waals surface area contributed by atoms with Crippen LogP contribution in [0.5, 0.6) is 0 Å². The molecule has 0 saturated carbocycles. The van der Waals surface area contributed by atoms with E-state index in [1.807, 2.05) is 24.3 Å². The van der Waals surface area contributed by atoms with Gasteiger partial charge in [0.15, 0.2) is 5.82 Å². The molecule has 0 fully saturated rings. The third-order valence-corrected chi connectivity index (χ3v) is 3.04. The Morgan fingerprint density at radius 2 is 1.94 bits per heavy atom. The van der Waals surface area contributed by atoms with Gasteiger partial charge in [0, 0.05) is 15.8 Å². The summed E-state index contributed by atoms with van der Waals surface area (Å²) in [6.07, 6.45) is 0. The monoisotopic (exact) mass is 253 g/mol. The SMILES string of the molecule is CC(C)Sc1n[nH]c(-c2ccc(Cl)cc2)n1. The number of nitrogens with zero attached hydrogens (tertiary/aromatic N) is 2. The van der Waals surface area contributed by atoms with E-state index < -0.39 is 0 Å². The highest BCUT2D eigenvalue weighted by molar-refractivity contribution is 7.99. The van der Waals surface area contributed by atoms with Crippen LogP contribution in [-0.2, 0) is 0 Å². The number of benzene rings is 1. The molecule has 1 aromatic heterocycles. The molecule has 0 radical (unpaired) electrons. The highest BCUT2D eigenvalue weighted by atomic mass is 35.5. The molecule has 2 aromatic rings. The van der Waals surface area contributed by atoms with E-state index in [-0.39, 0.29) is 0 Å². The number of nitrogens with one attached hydrogen (secondary N) is 1. The Bertz CT molecular complexity index is 464. The molecule has 5 heteroatoms. The second-order valence-electron chi connectivity index (χ2n) is 3.64. The molecule has 1 aromatic carbocycles. The van der Waals surface area contributed by atoms with Crippen LogP contribution in [-0.4, -0.2) is 20.4 Å². The Morgan fingerprint density at radius 3 is 2.56 bits per heavy atom. The van der Waals surface area contributed by atoms with Gasteiger partial charge in [-0.2, -0.15) is 0 Å². The summed E-state index contributed by atoms with van der Waals surface area (Å²) in [5.41, 5.74) is 0.993. The lowest BCUT2D eigenvalue weighted by atomic mass is 10.2.